The van der Waals surface area contributed by atoms with Crippen LogP contribution in [-0.4, -0.2) is 21.4 Å². The van der Waals surface area contributed by atoms with Crippen molar-refractivity contribution in [3.05, 3.63) is 17.3 Å². The zero-order valence-corrected chi connectivity index (χ0v) is 13.3. The SMILES string of the molecule is CCc1cc2c(NC3CCCCCC3Cl)ncnc2s1. The molecule has 3 nitrogen and oxygen atoms in total. The van der Waals surface area contributed by atoms with Gasteiger partial charge in [-0.3, -0.25) is 0 Å². The Morgan fingerprint density at radius 2 is 2.15 bits per heavy atom. The number of halogens is 1. The highest BCUT2D eigenvalue weighted by atomic mass is 35.5. The third kappa shape index (κ3) is 2.91. The lowest BCUT2D eigenvalue weighted by Crippen LogP contribution is -2.29. The maximum atomic E-state index is 6.52. The molecule has 3 rings (SSSR count). The molecule has 1 aliphatic carbocycles. The summed E-state index contributed by atoms with van der Waals surface area (Å²) >= 11 is 8.27. The standard InChI is InChI=1S/C15H20ClN3S/c1-2-10-8-11-14(17-9-18-15(11)20-10)19-13-7-5-3-4-6-12(13)16/h8-9,12-13H,2-7H2,1H3,(H,17,18,19). The van der Waals surface area contributed by atoms with Crippen molar-refractivity contribution in [2.75, 3.05) is 5.32 Å². The van der Waals surface area contributed by atoms with E-state index in [1.54, 1.807) is 17.7 Å². The lowest BCUT2D eigenvalue weighted by molar-refractivity contribution is 0.625. The summed E-state index contributed by atoms with van der Waals surface area (Å²) in [6.45, 7) is 2.17. The van der Waals surface area contributed by atoms with E-state index in [4.69, 9.17) is 11.6 Å². The van der Waals surface area contributed by atoms with Crippen molar-refractivity contribution in [2.45, 2.75) is 56.9 Å². The molecule has 0 saturated heterocycles. The Hall–Kier alpha value is -0.870. The smallest absolute Gasteiger partial charge is 0.138 e. The van der Waals surface area contributed by atoms with Crippen LogP contribution in [-0.2, 0) is 6.42 Å². The second-order valence-electron chi connectivity index (χ2n) is 5.41. The number of hydrogen-bond acceptors (Lipinski definition) is 4. The van der Waals surface area contributed by atoms with E-state index in [0.717, 1.165) is 35.3 Å². The molecule has 2 aromatic heterocycles. The number of fused-ring (bicyclic) bond motifs is 1. The lowest BCUT2D eigenvalue weighted by atomic mass is 10.1. The number of rotatable bonds is 3. The van der Waals surface area contributed by atoms with Crippen LogP contribution in [0.4, 0.5) is 5.82 Å². The van der Waals surface area contributed by atoms with E-state index < -0.39 is 0 Å². The van der Waals surface area contributed by atoms with Gasteiger partial charge in [0.05, 0.1) is 10.8 Å². The summed E-state index contributed by atoms with van der Waals surface area (Å²) < 4.78 is 0. The predicted molar refractivity (Wildman–Crippen MR) is 86.9 cm³/mol. The highest BCUT2D eigenvalue weighted by Gasteiger charge is 2.22. The Morgan fingerprint density at radius 3 is 3.00 bits per heavy atom. The average molecular weight is 310 g/mol. The van der Waals surface area contributed by atoms with Crippen molar-refractivity contribution < 1.29 is 0 Å². The van der Waals surface area contributed by atoms with Crippen molar-refractivity contribution in [2.24, 2.45) is 0 Å². The van der Waals surface area contributed by atoms with Gasteiger partial charge < -0.3 is 5.32 Å². The molecule has 0 aliphatic heterocycles. The van der Waals surface area contributed by atoms with Crippen molar-refractivity contribution in [3.8, 4) is 0 Å². The van der Waals surface area contributed by atoms with Gasteiger partial charge in [-0.1, -0.05) is 26.2 Å². The van der Waals surface area contributed by atoms with Gasteiger partial charge in [-0.15, -0.1) is 22.9 Å². The molecule has 20 heavy (non-hydrogen) atoms. The molecule has 0 bridgehead atoms. The van der Waals surface area contributed by atoms with Crippen LogP contribution in [0.2, 0.25) is 0 Å². The first-order chi connectivity index (χ1) is 9.78. The molecule has 2 heterocycles. The van der Waals surface area contributed by atoms with Crippen LogP contribution in [0.25, 0.3) is 10.2 Å². The van der Waals surface area contributed by atoms with Crippen LogP contribution >= 0.6 is 22.9 Å². The molecule has 1 N–H and O–H groups in total. The van der Waals surface area contributed by atoms with Gasteiger partial charge >= 0.3 is 0 Å². The van der Waals surface area contributed by atoms with Crippen molar-refractivity contribution in [3.63, 3.8) is 0 Å². The molecule has 5 heteroatoms. The summed E-state index contributed by atoms with van der Waals surface area (Å²) in [6.07, 6.45) is 8.70. The Kier molecular flexibility index (Phi) is 4.41. The fraction of sp³-hybridized carbons (Fsp3) is 0.600. The van der Waals surface area contributed by atoms with Gasteiger partial charge in [0.2, 0.25) is 0 Å². The number of nitrogens with zero attached hydrogens (tertiary/aromatic N) is 2. The zero-order chi connectivity index (χ0) is 13.9. The molecule has 0 aromatic carbocycles. The van der Waals surface area contributed by atoms with E-state index in [1.807, 2.05) is 0 Å². The summed E-state index contributed by atoms with van der Waals surface area (Å²) in [6, 6.07) is 2.53. The summed E-state index contributed by atoms with van der Waals surface area (Å²) in [5, 5.41) is 4.92. The van der Waals surface area contributed by atoms with Crippen LogP contribution in [0.5, 0.6) is 0 Å². The van der Waals surface area contributed by atoms with Gasteiger partial charge in [-0.25, -0.2) is 9.97 Å². The van der Waals surface area contributed by atoms with Crippen molar-refractivity contribution >= 4 is 39.0 Å². The van der Waals surface area contributed by atoms with E-state index >= 15 is 0 Å². The van der Waals surface area contributed by atoms with Gasteiger partial charge in [0.1, 0.15) is 17.0 Å². The van der Waals surface area contributed by atoms with E-state index in [1.165, 1.54) is 24.1 Å². The van der Waals surface area contributed by atoms with Crippen molar-refractivity contribution in [1.82, 2.24) is 9.97 Å². The monoisotopic (exact) mass is 309 g/mol. The number of hydrogen-bond donors (Lipinski definition) is 1. The van der Waals surface area contributed by atoms with Crippen LogP contribution in [0.3, 0.4) is 0 Å². The normalized spacial score (nSPS) is 23.7. The Balaban J connectivity index is 1.87. The molecule has 1 aliphatic rings. The highest BCUT2D eigenvalue weighted by molar-refractivity contribution is 7.18. The second-order valence-corrected chi connectivity index (χ2v) is 7.09. The number of nitrogens with one attached hydrogen (secondary N) is 1. The topological polar surface area (TPSA) is 37.8 Å². The van der Waals surface area contributed by atoms with Gasteiger partial charge in [0.25, 0.3) is 0 Å². The van der Waals surface area contributed by atoms with Gasteiger partial charge in [0.15, 0.2) is 0 Å². The maximum Gasteiger partial charge on any atom is 0.138 e. The summed E-state index contributed by atoms with van der Waals surface area (Å²) in [5.41, 5.74) is 0. The van der Waals surface area contributed by atoms with Crippen LogP contribution in [0.15, 0.2) is 12.4 Å². The molecule has 1 saturated carbocycles. The minimum atomic E-state index is 0.201. The third-order valence-electron chi connectivity index (χ3n) is 3.98. The summed E-state index contributed by atoms with van der Waals surface area (Å²) in [7, 11) is 0. The van der Waals surface area contributed by atoms with Crippen LogP contribution < -0.4 is 5.32 Å². The minimum absolute atomic E-state index is 0.201. The average Bonchev–Trinajstić information content (AvgIpc) is 2.79. The highest BCUT2D eigenvalue weighted by Crippen LogP contribution is 2.31. The molecule has 2 unspecified atom stereocenters. The first-order valence-corrected chi connectivity index (χ1v) is 8.67. The summed E-state index contributed by atoms with van der Waals surface area (Å²) in [5.74, 6) is 0.948. The minimum Gasteiger partial charge on any atom is -0.365 e. The molecule has 0 radical (unpaired) electrons. The summed E-state index contributed by atoms with van der Waals surface area (Å²) in [4.78, 5) is 11.2. The molecule has 0 spiro atoms. The molecule has 1 fully saturated rings. The Bertz CT molecular complexity index is 584. The number of anilines is 1. The molecular weight excluding hydrogens is 290 g/mol. The fourth-order valence-corrected chi connectivity index (χ4v) is 4.07. The molecular formula is C15H20ClN3S. The van der Waals surface area contributed by atoms with Crippen molar-refractivity contribution in [1.29, 1.82) is 0 Å². The number of aromatic nitrogens is 2. The molecule has 2 aromatic rings. The van der Waals surface area contributed by atoms with Crippen LogP contribution in [0, 0.1) is 0 Å². The third-order valence-corrected chi connectivity index (χ3v) is 5.69. The van der Waals surface area contributed by atoms with Gasteiger partial charge in [0, 0.05) is 10.9 Å². The number of aryl methyl sites for hydroxylation is 1. The lowest BCUT2D eigenvalue weighted by Gasteiger charge is -2.21. The van der Waals surface area contributed by atoms with E-state index in [0.29, 0.717) is 6.04 Å². The first kappa shape index (κ1) is 14.1. The molecule has 0 amide bonds. The Labute approximate surface area is 128 Å². The fourth-order valence-electron chi connectivity index (χ4n) is 2.80. The van der Waals surface area contributed by atoms with Gasteiger partial charge in [-0.2, -0.15) is 0 Å². The largest absolute Gasteiger partial charge is 0.365 e. The Morgan fingerprint density at radius 1 is 1.30 bits per heavy atom. The van der Waals surface area contributed by atoms with E-state index in [9.17, 15) is 0 Å². The maximum absolute atomic E-state index is 6.52. The van der Waals surface area contributed by atoms with Crippen LogP contribution in [0.1, 0.15) is 43.9 Å². The number of alkyl halides is 1. The number of thiophene rings is 1. The van der Waals surface area contributed by atoms with E-state index in [-0.39, 0.29) is 5.38 Å². The zero-order valence-electron chi connectivity index (χ0n) is 11.7. The quantitative estimate of drug-likeness (QED) is 0.665. The molecule has 108 valence electrons. The second kappa shape index (κ2) is 6.27. The van der Waals surface area contributed by atoms with Gasteiger partial charge in [-0.05, 0) is 25.3 Å². The molecule has 2 atom stereocenters. The van der Waals surface area contributed by atoms with E-state index in [2.05, 4.69) is 28.3 Å². The predicted octanol–water partition coefficient (Wildman–Crippen LogP) is 4.61. The first-order valence-electron chi connectivity index (χ1n) is 7.42.